The molecule has 0 saturated heterocycles. The average molecular weight is 381 g/mol. The molecule has 0 saturated carbocycles. The molecule has 1 aromatic carbocycles. The second-order valence-corrected chi connectivity index (χ2v) is 6.66. The minimum atomic E-state index is -4.46. The van der Waals surface area contributed by atoms with Gasteiger partial charge in [0, 0.05) is 18.3 Å². The van der Waals surface area contributed by atoms with Crippen molar-refractivity contribution in [1.82, 2.24) is 19.7 Å². The summed E-state index contributed by atoms with van der Waals surface area (Å²) in [4.78, 5) is 30.7. The predicted octanol–water partition coefficient (Wildman–Crippen LogP) is 2.91. The van der Waals surface area contributed by atoms with Crippen molar-refractivity contribution in [2.45, 2.75) is 33.0 Å². The van der Waals surface area contributed by atoms with Gasteiger partial charge in [-0.25, -0.2) is 4.98 Å². The van der Waals surface area contributed by atoms with E-state index in [9.17, 15) is 22.8 Å². The molecule has 0 aliphatic heterocycles. The molecule has 1 amide bonds. The van der Waals surface area contributed by atoms with Crippen molar-refractivity contribution in [3.8, 4) is 0 Å². The molecule has 2 heterocycles. The van der Waals surface area contributed by atoms with Gasteiger partial charge in [-0.05, 0) is 24.1 Å². The first kappa shape index (κ1) is 18.7. The summed E-state index contributed by atoms with van der Waals surface area (Å²) in [6.45, 7) is 4.43. The third-order valence-corrected chi connectivity index (χ3v) is 3.81. The lowest BCUT2D eigenvalue weighted by Crippen LogP contribution is -2.19. The summed E-state index contributed by atoms with van der Waals surface area (Å²) in [6, 6.07) is 4.43. The van der Waals surface area contributed by atoms with E-state index in [1.165, 1.54) is 16.8 Å². The normalized spacial score (nSPS) is 12.1. The number of aromatic nitrogens is 4. The summed E-state index contributed by atoms with van der Waals surface area (Å²) in [5.74, 6) is -0.151. The molecule has 0 spiro atoms. The van der Waals surface area contributed by atoms with Crippen LogP contribution in [-0.4, -0.2) is 25.7 Å². The number of H-pyrrole nitrogens is 2. The van der Waals surface area contributed by atoms with Gasteiger partial charge < -0.3 is 4.98 Å². The van der Waals surface area contributed by atoms with Gasteiger partial charge in [-0.15, -0.1) is 0 Å². The Balaban J connectivity index is 1.71. The number of hydrogen-bond donors (Lipinski definition) is 3. The molecule has 0 atom stereocenters. The smallest absolute Gasteiger partial charge is 0.324 e. The summed E-state index contributed by atoms with van der Waals surface area (Å²) in [6.07, 6.45) is -4.55. The zero-order valence-electron chi connectivity index (χ0n) is 14.6. The largest absolute Gasteiger partial charge is 0.416 e. The van der Waals surface area contributed by atoms with Crippen LogP contribution in [0.5, 0.6) is 0 Å². The maximum Gasteiger partial charge on any atom is 0.416 e. The van der Waals surface area contributed by atoms with Crippen molar-refractivity contribution in [2.24, 2.45) is 5.92 Å². The number of alkyl halides is 3. The van der Waals surface area contributed by atoms with Crippen LogP contribution < -0.4 is 10.9 Å². The van der Waals surface area contributed by atoms with Crippen molar-refractivity contribution in [3.63, 3.8) is 0 Å². The van der Waals surface area contributed by atoms with Crippen LogP contribution in [0.25, 0.3) is 11.0 Å². The fourth-order valence-electron chi connectivity index (χ4n) is 2.67. The van der Waals surface area contributed by atoms with E-state index >= 15 is 0 Å². The van der Waals surface area contributed by atoms with Crippen LogP contribution in [0.3, 0.4) is 0 Å². The first-order chi connectivity index (χ1) is 12.6. The Hall–Kier alpha value is -3.04. The summed E-state index contributed by atoms with van der Waals surface area (Å²) >= 11 is 0. The van der Waals surface area contributed by atoms with E-state index in [1.54, 1.807) is 0 Å². The number of carbonyl (C=O) groups is 1. The zero-order chi connectivity index (χ0) is 19.8. The second kappa shape index (κ2) is 6.93. The van der Waals surface area contributed by atoms with Gasteiger partial charge in [-0.2, -0.15) is 13.2 Å². The molecule has 0 unspecified atom stereocenters. The molecular weight excluding hydrogens is 363 g/mol. The van der Waals surface area contributed by atoms with Gasteiger partial charge in [0.1, 0.15) is 0 Å². The number of benzene rings is 1. The SMILES string of the molecule is CC(C)Cn1[nH]c(CC(=O)Nc2nc3ccc(C(F)(F)F)cc3[nH]2)cc1=O. The number of fused-ring (bicyclic) bond motifs is 1. The first-order valence-corrected chi connectivity index (χ1v) is 8.27. The Bertz CT molecular complexity index is 1030. The van der Waals surface area contributed by atoms with Gasteiger partial charge in [-0.3, -0.25) is 24.7 Å². The van der Waals surface area contributed by atoms with E-state index in [0.717, 1.165) is 12.1 Å². The van der Waals surface area contributed by atoms with Gasteiger partial charge in [0.25, 0.3) is 5.56 Å². The third-order valence-electron chi connectivity index (χ3n) is 3.81. The number of anilines is 1. The van der Waals surface area contributed by atoms with E-state index < -0.39 is 17.6 Å². The van der Waals surface area contributed by atoms with Gasteiger partial charge in [0.15, 0.2) is 0 Å². The highest BCUT2D eigenvalue weighted by Gasteiger charge is 2.30. The number of hydrogen-bond acceptors (Lipinski definition) is 3. The molecule has 7 nitrogen and oxygen atoms in total. The van der Waals surface area contributed by atoms with Crippen LogP contribution >= 0.6 is 0 Å². The number of amides is 1. The van der Waals surface area contributed by atoms with Gasteiger partial charge in [0.05, 0.1) is 23.0 Å². The molecule has 2 aromatic heterocycles. The average Bonchev–Trinajstić information content (AvgIpc) is 3.07. The highest BCUT2D eigenvalue weighted by atomic mass is 19.4. The van der Waals surface area contributed by atoms with Crippen molar-refractivity contribution in [3.05, 3.63) is 45.9 Å². The Morgan fingerprint density at radius 2 is 2.04 bits per heavy atom. The van der Waals surface area contributed by atoms with Gasteiger partial charge in [0.2, 0.25) is 11.9 Å². The molecule has 10 heteroatoms. The summed E-state index contributed by atoms with van der Waals surface area (Å²) < 4.78 is 39.7. The van der Waals surface area contributed by atoms with E-state index in [2.05, 4.69) is 20.4 Å². The molecule has 0 bridgehead atoms. The topological polar surface area (TPSA) is 95.6 Å². The fourth-order valence-corrected chi connectivity index (χ4v) is 2.67. The van der Waals surface area contributed by atoms with E-state index in [4.69, 9.17) is 0 Å². The van der Waals surface area contributed by atoms with Gasteiger partial charge >= 0.3 is 6.18 Å². The molecule has 3 aromatic rings. The molecule has 27 heavy (non-hydrogen) atoms. The molecule has 0 aliphatic rings. The van der Waals surface area contributed by atoms with Crippen molar-refractivity contribution in [2.75, 3.05) is 5.32 Å². The number of halogens is 3. The molecule has 144 valence electrons. The first-order valence-electron chi connectivity index (χ1n) is 8.27. The molecule has 3 N–H and O–H groups in total. The lowest BCUT2D eigenvalue weighted by molar-refractivity contribution is -0.137. The van der Waals surface area contributed by atoms with Gasteiger partial charge in [-0.1, -0.05) is 13.8 Å². The minimum Gasteiger partial charge on any atom is -0.324 e. The maximum atomic E-state index is 12.8. The molecule has 0 radical (unpaired) electrons. The number of nitrogens with one attached hydrogen (secondary N) is 3. The monoisotopic (exact) mass is 381 g/mol. The minimum absolute atomic E-state index is 0.0401. The second-order valence-electron chi connectivity index (χ2n) is 6.66. The van der Waals surface area contributed by atoms with E-state index in [-0.39, 0.29) is 29.4 Å². The highest BCUT2D eigenvalue weighted by Crippen LogP contribution is 2.31. The fraction of sp³-hybridized carbons (Fsp3) is 0.353. The lowest BCUT2D eigenvalue weighted by atomic mass is 10.2. The standard InChI is InChI=1S/C17H18F3N5O2/c1-9(2)8-25-15(27)7-11(24-25)6-14(26)23-16-21-12-4-3-10(17(18,19)20)5-13(12)22-16/h3-5,7,9,24H,6,8H2,1-2H3,(H2,21,22,23,26). The van der Waals surface area contributed by atoms with Crippen molar-refractivity contribution in [1.29, 1.82) is 0 Å². The Labute approximate surface area is 151 Å². The Kier molecular flexibility index (Phi) is 4.81. The van der Waals surface area contributed by atoms with E-state index in [0.29, 0.717) is 17.8 Å². The van der Waals surface area contributed by atoms with Crippen LogP contribution in [0.15, 0.2) is 29.1 Å². The Morgan fingerprint density at radius 3 is 2.70 bits per heavy atom. The third kappa shape index (κ3) is 4.39. The van der Waals surface area contributed by atoms with Crippen LogP contribution in [0.4, 0.5) is 19.1 Å². The summed E-state index contributed by atoms with van der Waals surface area (Å²) in [7, 11) is 0. The van der Waals surface area contributed by atoms with Crippen LogP contribution in [0.2, 0.25) is 0 Å². The zero-order valence-corrected chi connectivity index (χ0v) is 14.6. The van der Waals surface area contributed by atoms with E-state index in [1.807, 2.05) is 13.8 Å². The van der Waals surface area contributed by atoms with Crippen LogP contribution in [0, 0.1) is 5.92 Å². The molecule has 0 aliphatic carbocycles. The molecule has 3 rings (SSSR count). The quantitative estimate of drug-likeness (QED) is 0.634. The van der Waals surface area contributed by atoms with Crippen molar-refractivity contribution >= 4 is 22.9 Å². The van der Waals surface area contributed by atoms with Crippen LogP contribution in [0.1, 0.15) is 25.1 Å². The number of imidazole rings is 1. The number of carbonyl (C=O) groups excluding carboxylic acids is 1. The molecule has 0 fully saturated rings. The molecular formula is C17H18F3N5O2. The van der Waals surface area contributed by atoms with Crippen LogP contribution in [-0.2, 0) is 23.9 Å². The number of nitrogens with zero attached hydrogens (tertiary/aromatic N) is 2. The van der Waals surface area contributed by atoms with Crippen molar-refractivity contribution < 1.29 is 18.0 Å². The number of rotatable bonds is 5. The lowest BCUT2D eigenvalue weighted by Gasteiger charge is -2.05. The number of aromatic amines is 2. The maximum absolute atomic E-state index is 12.8. The highest BCUT2D eigenvalue weighted by molar-refractivity contribution is 5.92. The summed E-state index contributed by atoms with van der Waals surface area (Å²) in [5, 5.41) is 5.36. The summed E-state index contributed by atoms with van der Waals surface area (Å²) in [5.41, 5.74) is -0.129. The predicted molar refractivity (Wildman–Crippen MR) is 93.3 cm³/mol. The Morgan fingerprint density at radius 1 is 1.30 bits per heavy atom.